The van der Waals surface area contributed by atoms with E-state index in [1.54, 1.807) is 13.8 Å². The van der Waals surface area contributed by atoms with Crippen molar-refractivity contribution < 1.29 is 18.7 Å². The Morgan fingerprint density at radius 3 is 2.47 bits per heavy atom. The van der Waals surface area contributed by atoms with E-state index in [4.69, 9.17) is 5.73 Å². The molecule has 0 saturated heterocycles. The highest BCUT2D eigenvalue weighted by Crippen LogP contribution is 2.13. The molecule has 1 amide bonds. The highest BCUT2D eigenvalue weighted by molar-refractivity contribution is 5.97. The van der Waals surface area contributed by atoms with E-state index in [1.165, 1.54) is 19.2 Å². The molecule has 0 aliphatic rings. The van der Waals surface area contributed by atoms with Crippen molar-refractivity contribution in [3.63, 3.8) is 0 Å². The van der Waals surface area contributed by atoms with Crippen molar-refractivity contribution in [2.45, 2.75) is 19.9 Å². The number of nitrogens with one attached hydrogen (secondary N) is 1. The lowest BCUT2D eigenvalue weighted by atomic mass is 10.0. The van der Waals surface area contributed by atoms with Gasteiger partial charge in [-0.15, -0.1) is 0 Å². The van der Waals surface area contributed by atoms with Crippen LogP contribution in [0.3, 0.4) is 0 Å². The predicted molar refractivity (Wildman–Crippen MR) is 68.9 cm³/mol. The van der Waals surface area contributed by atoms with E-state index in [2.05, 4.69) is 10.1 Å². The third kappa shape index (κ3) is 3.67. The van der Waals surface area contributed by atoms with Gasteiger partial charge in [-0.3, -0.25) is 4.79 Å². The zero-order valence-corrected chi connectivity index (χ0v) is 11.1. The van der Waals surface area contributed by atoms with E-state index in [0.29, 0.717) is 0 Å². The first-order valence-electron chi connectivity index (χ1n) is 5.80. The summed E-state index contributed by atoms with van der Waals surface area (Å²) in [7, 11) is 1.23. The lowest BCUT2D eigenvalue weighted by Gasteiger charge is -2.19. The first kappa shape index (κ1) is 14.9. The molecular formula is C13H17FN2O3. The molecule has 1 aromatic rings. The highest BCUT2D eigenvalue weighted by atomic mass is 19.1. The second kappa shape index (κ2) is 6.17. The Bertz CT molecular complexity index is 489. The van der Waals surface area contributed by atoms with Crippen molar-refractivity contribution in [2.24, 2.45) is 5.92 Å². The number of benzene rings is 1. The van der Waals surface area contributed by atoms with Gasteiger partial charge in [-0.2, -0.15) is 0 Å². The number of ether oxygens (including phenoxy) is 1. The molecular weight excluding hydrogens is 251 g/mol. The first-order valence-corrected chi connectivity index (χ1v) is 5.80. The van der Waals surface area contributed by atoms with Gasteiger partial charge < -0.3 is 15.8 Å². The number of amides is 1. The van der Waals surface area contributed by atoms with Gasteiger partial charge in [0, 0.05) is 5.69 Å². The van der Waals surface area contributed by atoms with Crippen LogP contribution in [0.2, 0.25) is 0 Å². The van der Waals surface area contributed by atoms with Crippen LogP contribution in [0.5, 0.6) is 0 Å². The molecule has 104 valence electrons. The summed E-state index contributed by atoms with van der Waals surface area (Å²) in [5, 5.41) is 2.45. The number of hydrogen-bond acceptors (Lipinski definition) is 4. The zero-order valence-electron chi connectivity index (χ0n) is 11.1. The van der Waals surface area contributed by atoms with Crippen molar-refractivity contribution in [1.82, 2.24) is 5.32 Å². The molecule has 0 saturated carbocycles. The molecule has 1 aromatic carbocycles. The van der Waals surface area contributed by atoms with E-state index in [0.717, 1.165) is 6.07 Å². The number of nitrogen functional groups attached to an aromatic ring is 1. The maximum atomic E-state index is 13.6. The van der Waals surface area contributed by atoms with Gasteiger partial charge in [0.05, 0.1) is 12.7 Å². The minimum absolute atomic E-state index is 0.163. The van der Waals surface area contributed by atoms with Gasteiger partial charge in [0.15, 0.2) is 0 Å². The molecule has 0 radical (unpaired) electrons. The number of rotatable bonds is 4. The standard InChI is InChI=1S/C13H17FN2O3/c1-7(2)11(13(18)19-3)16-12(17)9-5-4-8(15)6-10(9)14/h4-7,11H,15H2,1-3H3,(H,16,17). The Morgan fingerprint density at radius 2 is 2.00 bits per heavy atom. The van der Waals surface area contributed by atoms with Crippen LogP contribution in [0.1, 0.15) is 24.2 Å². The van der Waals surface area contributed by atoms with Gasteiger partial charge in [0.25, 0.3) is 5.91 Å². The van der Waals surface area contributed by atoms with Crippen molar-refractivity contribution in [1.29, 1.82) is 0 Å². The average Bonchev–Trinajstić information content (AvgIpc) is 2.34. The summed E-state index contributed by atoms with van der Waals surface area (Å²) in [6, 6.07) is 2.92. The maximum Gasteiger partial charge on any atom is 0.328 e. The number of carbonyl (C=O) groups is 2. The van der Waals surface area contributed by atoms with Gasteiger partial charge >= 0.3 is 5.97 Å². The molecule has 6 heteroatoms. The van der Waals surface area contributed by atoms with Crippen molar-refractivity contribution in [3.8, 4) is 0 Å². The molecule has 0 fully saturated rings. The number of anilines is 1. The molecule has 1 atom stereocenters. The summed E-state index contributed by atoms with van der Waals surface area (Å²) in [4.78, 5) is 23.4. The van der Waals surface area contributed by atoms with E-state index >= 15 is 0 Å². The summed E-state index contributed by atoms with van der Waals surface area (Å²) >= 11 is 0. The van der Waals surface area contributed by atoms with Gasteiger partial charge in [-0.05, 0) is 24.1 Å². The first-order chi connectivity index (χ1) is 8.86. The van der Waals surface area contributed by atoms with E-state index < -0.39 is 23.7 Å². The summed E-state index contributed by atoms with van der Waals surface area (Å²) < 4.78 is 18.2. The Balaban J connectivity index is 2.91. The van der Waals surface area contributed by atoms with E-state index in [9.17, 15) is 14.0 Å². The topological polar surface area (TPSA) is 81.4 Å². The van der Waals surface area contributed by atoms with Crippen molar-refractivity contribution >= 4 is 17.6 Å². The third-order valence-corrected chi connectivity index (χ3v) is 2.65. The molecule has 0 heterocycles. The molecule has 5 nitrogen and oxygen atoms in total. The van der Waals surface area contributed by atoms with Gasteiger partial charge in [-0.1, -0.05) is 13.8 Å². The number of hydrogen-bond donors (Lipinski definition) is 2. The molecule has 0 aliphatic carbocycles. The number of nitrogens with two attached hydrogens (primary N) is 1. The fourth-order valence-electron chi connectivity index (χ4n) is 1.56. The number of esters is 1. The molecule has 3 N–H and O–H groups in total. The minimum atomic E-state index is -0.825. The molecule has 0 spiro atoms. The van der Waals surface area contributed by atoms with Crippen LogP contribution in [0, 0.1) is 11.7 Å². The second-order valence-corrected chi connectivity index (χ2v) is 4.46. The predicted octanol–water partition coefficient (Wildman–Crippen LogP) is 1.34. The van der Waals surface area contributed by atoms with Crippen LogP contribution in [0.4, 0.5) is 10.1 Å². The molecule has 19 heavy (non-hydrogen) atoms. The monoisotopic (exact) mass is 268 g/mol. The third-order valence-electron chi connectivity index (χ3n) is 2.65. The van der Waals surface area contributed by atoms with Gasteiger partial charge in [0.2, 0.25) is 0 Å². The van der Waals surface area contributed by atoms with Crippen molar-refractivity contribution in [3.05, 3.63) is 29.6 Å². The summed E-state index contributed by atoms with van der Waals surface area (Å²) in [5.41, 5.74) is 5.46. The highest BCUT2D eigenvalue weighted by Gasteiger charge is 2.26. The number of carbonyl (C=O) groups excluding carboxylic acids is 2. The molecule has 1 unspecified atom stereocenters. The number of halogens is 1. The molecule has 0 aliphatic heterocycles. The second-order valence-electron chi connectivity index (χ2n) is 4.46. The normalized spacial score (nSPS) is 12.1. The van der Waals surface area contributed by atoms with Crippen LogP contribution in [-0.2, 0) is 9.53 Å². The van der Waals surface area contributed by atoms with Crippen LogP contribution in [0.25, 0.3) is 0 Å². The average molecular weight is 268 g/mol. The Kier molecular flexibility index (Phi) is 4.86. The van der Waals surface area contributed by atoms with Gasteiger partial charge in [0.1, 0.15) is 11.9 Å². The molecule has 0 aromatic heterocycles. The quantitative estimate of drug-likeness (QED) is 0.637. The summed E-state index contributed by atoms with van der Waals surface area (Å²) in [5.74, 6) is -2.15. The van der Waals surface area contributed by atoms with Crippen LogP contribution < -0.4 is 11.1 Å². The number of methoxy groups -OCH3 is 1. The lowest BCUT2D eigenvalue weighted by Crippen LogP contribution is -2.45. The minimum Gasteiger partial charge on any atom is -0.467 e. The smallest absolute Gasteiger partial charge is 0.328 e. The lowest BCUT2D eigenvalue weighted by molar-refractivity contribution is -0.144. The zero-order chi connectivity index (χ0) is 14.6. The van der Waals surface area contributed by atoms with E-state index in [1.807, 2.05) is 0 Å². The largest absolute Gasteiger partial charge is 0.467 e. The van der Waals surface area contributed by atoms with Crippen LogP contribution >= 0.6 is 0 Å². The molecule has 0 bridgehead atoms. The van der Waals surface area contributed by atoms with Crippen LogP contribution in [0.15, 0.2) is 18.2 Å². The molecule has 1 rings (SSSR count). The maximum absolute atomic E-state index is 13.6. The SMILES string of the molecule is COC(=O)C(NC(=O)c1ccc(N)cc1F)C(C)C. The van der Waals surface area contributed by atoms with Crippen LogP contribution in [-0.4, -0.2) is 25.0 Å². The Hall–Kier alpha value is -2.11. The summed E-state index contributed by atoms with van der Waals surface area (Å²) in [6.45, 7) is 3.50. The fourth-order valence-corrected chi connectivity index (χ4v) is 1.56. The van der Waals surface area contributed by atoms with E-state index in [-0.39, 0.29) is 17.2 Å². The summed E-state index contributed by atoms with van der Waals surface area (Å²) in [6.07, 6.45) is 0. The Labute approximate surface area is 110 Å². The van der Waals surface area contributed by atoms with Gasteiger partial charge in [-0.25, -0.2) is 9.18 Å². The van der Waals surface area contributed by atoms with Crippen molar-refractivity contribution in [2.75, 3.05) is 12.8 Å². The Morgan fingerprint density at radius 1 is 1.37 bits per heavy atom. The fraction of sp³-hybridized carbons (Fsp3) is 0.385.